The fourth-order valence-corrected chi connectivity index (χ4v) is 3.82. The number of hydrogen-bond donors (Lipinski definition) is 1. The van der Waals surface area contributed by atoms with Gasteiger partial charge in [0.2, 0.25) is 0 Å². The van der Waals surface area contributed by atoms with Gasteiger partial charge < -0.3 is 9.30 Å². The highest BCUT2D eigenvalue weighted by Gasteiger charge is 2.34. The number of hydrogen-bond acceptors (Lipinski definition) is 4. The lowest BCUT2D eigenvalue weighted by molar-refractivity contribution is -0.122. The average Bonchev–Trinajstić information content (AvgIpc) is 3.25. The van der Waals surface area contributed by atoms with E-state index < -0.39 is 11.8 Å². The number of rotatable bonds is 5. The van der Waals surface area contributed by atoms with E-state index in [4.69, 9.17) is 17.0 Å². The third kappa shape index (κ3) is 4.07. The van der Waals surface area contributed by atoms with Gasteiger partial charge in [0.25, 0.3) is 11.8 Å². The van der Waals surface area contributed by atoms with Gasteiger partial charge >= 0.3 is 0 Å². The second-order valence-electron chi connectivity index (χ2n) is 7.71. The number of carbonyl (C=O) groups is 2. The van der Waals surface area contributed by atoms with E-state index in [1.54, 1.807) is 13.2 Å². The van der Waals surface area contributed by atoms with Crippen molar-refractivity contribution in [2.24, 2.45) is 0 Å². The molecule has 0 spiro atoms. The van der Waals surface area contributed by atoms with Crippen molar-refractivity contribution in [2.75, 3.05) is 12.0 Å². The predicted molar refractivity (Wildman–Crippen MR) is 129 cm³/mol. The first-order valence-corrected chi connectivity index (χ1v) is 10.6. The fourth-order valence-electron chi connectivity index (χ4n) is 3.54. The highest BCUT2D eigenvalue weighted by Crippen LogP contribution is 2.25. The molecule has 0 saturated carbocycles. The molecule has 1 fully saturated rings. The Labute approximate surface area is 192 Å². The zero-order valence-corrected chi connectivity index (χ0v) is 18.8. The first-order valence-electron chi connectivity index (χ1n) is 10.2. The minimum absolute atomic E-state index is 0.0139. The van der Waals surface area contributed by atoms with E-state index in [0.717, 1.165) is 17.0 Å². The molecule has 0 aliphatic carbocycles. The molecule has 0 atom stereocenters. The second kappa shape index (κ2) is 8.80. The van der Waals surface area contributed by atoms with Gasteiger partial charge in [-0.15, -0.1) is 0 Å². The summed E-state index contributed by atoms with van der Waals surface area (Å²) in [7, 11) is 1.61. The lowest BCUT2D eigenvalue weighted by Crippen LogP contribution is -2.54. The number of nitrogens with one attached hydrogen (secondary N) is 1. The van der Waals surface area contributed by atoms with Crippen molar-refractivity contribution in [1.82, 2.24) is 9.88 Å². The molecule has 2 heterocycles. The number of nitrogens with zero attached hydrogens (tertiary/aromatic N) is 2. The van der Waals surface area contributed by atoms with Crippen molar-refractivity contribution in [3.05, 3.63) is 83.7 Å². The second-order valence-corrected chi connectivity index (χ2v) is 8.09. The lowest BCUT2D eigenvalue weighted by Gasteiger charge is -2.29. The Morgan fingerprint density at radius 1 is 0.969 bits per heavy atom. The molecule has 1 aliphatic heterocycles. The van der Waals surface area contributed by atoms with Crippen molar-refractivity contribution in [1.29, 1.82) is 0 Å². The Balaban J connectivity index is 1.69. The van der Waals surface area contributed by atoms with E-state index in [2.05, 4.69) is 19.2 Å². The Kier molecular flexibility index (Phi) is 5.92. The van der Waals surface area contributed by atoms with Crippen LogP contribution in [0, 0.1) is 0 Å². The van der Waals surface area contributed by atoms with Crippen LogP contribution >= 0.6 is 12.2 Å². The summed E-state index contributed by atoms with van der Waals surface area (Å²) < 4.78 is 7.10. The van der Waals surface area contributed by atoms with Gasteiger partial charge in [-0.2, -0.15) is 0 Å². The molecule has 0 unspecified atom stereocenters. The predicted octanol–water partition coefficient (Wildman–Crippen LogP) is 4.44. The van der Waals surface area contributed by atoms with Gasteiger partial charge in [-0.25, -0.2) is 0 Å². The fraction of sp³-hybridized carbons (Fsp3) is 0.160. The Bertz CT molecular complexity index is 1210. The summed E-state index contributed by atoms with van der Waals surface area (Å²) in [6, 6.07) is 18.8. The number of aromatic nitrogens is 1. The Morgan fingerprint density at radius 3 is 2.25 bits per heavy atom. The Hall–Kier alpha value is -3.71. The standard InChI is InChI=1S/C25H23N3O3S/c1-16(2)17-6-8-19(9-7-17)28-24(30)22(23(29)26-25(28)32)15-20-5-4-14-27(20)18-10-12-21(31-3)13-11-18/h4-16H,1-3H3,(H,26,29,32)/b22-15+. The SMILES string of the molecule is COc1ccc(-n2cccc2/C=C2\C(=O)NC(=S)N(c3ccc(C(C)C)cc3)C2=O)cc1. The van der Waals surface area contributed by atoms with Crippen molar-refractivity contribution in [2.45, 2.75) is 19.8 Å². The molecule has 1 N–H and O–H groups in total. The van der Waals surface area contributed by atoms with Crippen molar-refractivity contribution in [3.63, 3.8) is 0 Å². The molecule has 1 saturated heterocycles. The van der Waals surface area contributed by atoms with E-state index in [1.165, 1.54) is 4.90 Å². The summed E-state index contributed by atoms with van der Waals surface area (Å²) in [5, 5.41) is 2.71. The molecule has 0 radical (unpaired) electrons. The maximum atomic E-state index is 13.3. The van der Waals surface area contributed by atoms with Crippen LogP contribution in [0.4, 0.5) is 5.69 Å². The minimum atomic E-state index is -0.516. The topological polar surface area (TPSA) is 63.6 Å². The van der Waals surface area contributed by atoms with Crippen LogP contribution in [0.25, 0.3) is 11.8 Å². The third-order valence-corrected chi connectivity index (χ3v) is 5.63. The quantitative estimate of drug-likeness (QED) is 0.358. The monoisotopic (exact) mass is 445 g/mol. The van der Waals surface area contributed by atoms with Crippen LogP contribution in [0.15, 0.2) is 72.4 Å². The van der Waals surface area contributed by atoms with E-state index >= 15 is 0 Å². The number of benzene rings is 2. The summed E-state index contributed by atoms with van der Waals surface area (Å²) in [5.41, 5.74) is 3.35. The molecule has 0 bridgehead atoms. The maximum Gasteiger partial charge on any atom is 0.270 e. The number of anilines is 1. The lowest BCUT2D eigenvalue weighted by atomic mass is 10.0. The molecule has 2 amide bonds. The van der Waals surface area contributed by atoms with Gasteiger partial charge in [-0.3, -0.25) is 19.8 Å². The first-order chi connectivity index (χ1) is 15.4. The molecular weight excluding hydrogens is 422 g/mol. The summed E-state index contributed by atoms with van der Waals surface area (Å²) >= 11 is 5.30. The number of carbonyl (C=O) groups excluding carboxylic acids is 2. The van der Waals surface area contributed by atoms with Crippen LogP contribution in [0.1, 0.15) is 31.0 Å². The van der Waals surface area contributed by atoms with Gasteiger partial charge in [0, 0.05) is 17.6 Å². The van der Waals surface area contributed by atoms with Gasteiger partial charge in [-0.05, 0) is 78.3 Å². The van der Waals surface area contributed by atoms with Crippen LogP contribution in [0.2, 0.25) is 0 Å². The Morgan fingerprint density at radius 2 is 1.62 bits per heavy atom. The summed E-state index contributed by atoms with van der Waals surface area (Å²) in [4.78, 5) is 27.3. The van der Waals surface area contributed by atoms with Crippen LogP contribution < -0.4 is 15.0 Å². The van der Waals surface area contributed by atoms with Crippen molar-refractivity contribution in [3.8, 4) is 11.4 Å². The smallest absolute Gasteiger partial charge is 0.270 e. The molecule has 7 heteroatoms. The number of thiocarbonyl (C=S) groups is 1. The average molecular weight is 446 g/mol. The molecule has 1 aromatic heterocycles. The minimum Gasteiger partial charge on any atom is -0.497 e. The third-order valence-electron chi connectivity index (χ3n) is 5.34. The molecular formula is C25H23N3O3S. The van der Waals surface area contributed by atoms with Gasteiger partial charge in [0.1, 0.15) is 11.3 Å². The van der Waals surface area contributed by atoms with Crippen LogP contribution in [-0.2, 0) is 9.59 Å². The molecule has 3 aromatic rings. The normalized spacial score (nSPS) is 15.4. The van der Waals surface area contributed by atoms with Gasteiger partial charge in [0.05, 0.1) is 12.8 Å². The number of methoxy groups -OCH3 is 1. The van der Waals surface area contributed by atoms with Crippen molar-refractivity contribution < 1.29 is 14.3 Å². The van der Waals surface area contributed by atoms with E-state index in [9.17, 15) is 9.59 Å². The van der Waals surface area contributed by atoms with Crippen LogP contribution in [0.3, 0.4) is 0 Å². The van der Waals surface area contributed by atoms with E-state index in [-0.39, 0.29) is 10.7 Å². The molecule has 32 heavy (non-hydrogen) atoms. The highest BCUT2D eigenvalue weighted by molar-refractivity contribution is 7.80. The summed E-state index contributed by atoms with van der Waals surface area (Å²) in [6.45, 7) is 4.20. The largest absolute Gasteiger partial charge is 0.497 e. The molecule has 2 aromatic carbocycles. The molecule has 6 nitrogen and oxygen atoms in total. The molecule has 4 rings (SSSR count). The summed E-state index contributed by atoms with van der Waals surface area (Å²) in [6.07, 6.45) is 3.45. The van der Waals surface area contributed by atoms with Gasteiger partial charge in [-0.1, -0.05) is 26.0 Å². The van der Waals surface area contributed by atoms with E-state index in [0.29, 0.717) is 17.3 Å². The zero-order valence-electron chi connectivity index (χ0n) is 18.0. The zero-order chi connectivity index (χ0) is 22.8. The maximum absolute atomic E-state index is 13.3. The number of ether oxygens (including phenoxy) is 1. The van der Waals surface area contributed by atoms with Crippen molar-refractivity contribution >= 4 is 40.9 Å². The summed E-state index contributed by atoms with van der Waals surface area (Å²) in [5.74, 6) is 0.139. The van der Waals surface area contributed by atoms with Crippen LogP contribution in [0.5, 0.6) is 5.75 Å². The van der Waals surface area contributed by atoms with Gasteiger partial charge in [0.15, 0.2) is 5.11 Å². The molecule has 162 valence electrons. The highest BCUT2D eigenvalue weighted by atomic mass is 32.1. The number of amides is 2. The molecule has 1 aliphatic rings. The van der Waals surface area contributed by atoms with Crippen LogP contribution in [-0.4, -0.2) is 28.6 Å². The first kappa shape index (κ1) is 21.5. The van der Waals surface area contributed by atoms with E-state index in [1.807, 2.05) is 71.4 Å².